The predicted molar refractivity (Wildman–Crippen MR) is 98.8 cm³/mol. The summed E-state index contributed by atoms with van der Waals surface area (Å²) in [6.07, 6.45) is 0.735. The Morgan fingerprint density at radius 2 is 1.68 bits per heavy atom. The standard InChI is InChI=1S/C18H18ClN3O2S/c19-15-6-8-17(9-7-15)25(23,24)21-11-10-14-12-22(20-18(14)13-21)16-4-2-1-3-5-16/h1-9,20H,10-13H2. The maximum Gasteiger partial charge on any atom is 0.243 e. The van der Waals surface area contributed by atoms with Crippen molar-refractivity contribution in [3.05, 3.63) is 70.9 Å². The van der Waals surface area contributed by atoms with Gasteiger partial charge in [0.15, 0.2) is 0 Å². The van der Waals surface area contributed by atoms with Gasteiger partial charge in [0.25, 0.3) is 0 Å². The van der Waals surface area contributed by atoms with E-state index in [1.54, 1.807) is 24.3 Å². The first-order valence-electron chi connectivity index (χ1n) is 8.10. The van der Waals surface area contributed by atoms with Crippen LogP contribution in [-0.2, 0) is 10.0 Å². The average molecular weight is 376 g/mol. The lowest BCUT2D eigenvalue weighted by molar-refractivity contribution is 0.417. The Morgan fingerprint density at radius 3 is 2.40 bits per heavy atom. The summed E-state index contributed by atoms with van der Waals surface area (Å²) in [5.74, 6) is 0. The van der Waals surface area contributed by atoms with Crippen molar-refractivity contribution in [2.24, 2.45) is 0 Å². The number of nitrogens with one attached hydrogen (secondary N) is 1. The van der Waals surface area contributed by atoms with Gasteiger partial charge in [0.1, 0.15) is 0 Å². The van der Waals surface area contributed by atoms with Gasteiger partial charge in [-0.2, -0.15) is 4.31 Å². The molecule has 25 heavy (non-hydrogen) atoms. The van der Waals surface area contributed by atoms with Gasteiger partial charge in [-0.05, 0) is 48.4 Å². The van der Waals surface area contributed by atoms with E-state index in [-0.39, 0.29) is 4.90 Å². The lowest BCUT2D eigenvalue weighted by Crippen LogP contribution is -2.40. The lowest BCUT2D eigenvalue weighted by atomic mass is 10.1. The first-order chi connectivity index (χ1) is 12.0. The molecule has 0 amide bonds. The molecule has 2 aromatic rings. The molecule has 0 spiro atoms. The Labute approximate surface area is 152 Å². The third kappa shape index (κ3) is 3.13. The van der Waals surface area contributed by atoms with Crippen molar-refractivity contribution in [2.45, 2.75) is 11.3 Å². The fourth-order valence-electron chi connectivity index (χ4n) is 3.18. The van der Waals surface area contributed by atoms with Crippen molar-refractivity contribution < 1.29 is 8.42 Å². The summed E-state index contributed by atoms with van der Waals surface area (Å²) in [4.78, 5) is 0.277. The van der Waals surface area contributed by atoms with Crippen LogP contribution in [0, 0.1) is 0 Å². The van der Waals surface area contributed by atoms with Crippen LogP contribution < -0.4 is 10.4 Å². The Hall–Kier alpha value is -2.02. The Bertz CT molecular complexity index is 911. The van der Waals surface area contributed by atoms with Crippen molar-refractivity contribution in [1.82, 2.24) is 9.73 Å². The van der Waals surface area contributed by atoms with Gasteiger partial charge < -0.3 is 5.43 Å². The van der Waals surface area contributed by atoms with E-state index >= 15 is 0 Å². The minimum Gasteiger partial charge on any atom is -0.301 e. The number of anilines is 1. The number of para-hydroxylation sites is 1. The van der Waals surface area contributed by atoms with Crippen molar-refractivity contribution in [2.75, 3.05) is 24.6 Å². The molecule has 0 saturated carbocycles. The Morgan fingerprint density at radius 1 is 0.960 bits per heavy atom. The van der Waals surface area contributed by atoms with E-state index in [2.05, 4.69) is 10.4 Å². The van der Waals surface area contributed by atoms with Gasteiger partial charge in [-0.15, -0.1) is 0 Å². The van der Waals surface area contributed by atoms with Gasteiger partial charge in [-0.3, -0.25) is 5.01 Å². The van der Waals surface area contributed by atoms with E-state index in [9.17, 15) is 8.42 Å². The number of rotatable bonds is 3. The number of hydrazine groups is 1. The van der Waals surface area contributed by atoms with Crippen molar-refractivity contribution in [1.29, 1.82) is 0 Å². The molecule has 5 nitrogen and oxygen atoms in total. The molecule has 0 saturated heterocycles. The molecule has 1 N–H and O–H groups in total. The Balaban J connectivity index is 1.52. The number of hydrogen-bond donors (Lipinski definition) is 1. The number of hydrogen-bond acceptors (Lipinski definition) is 4. The lowest BCUT2D eigenvalue weighted by Gasteiger charge is -2.27. The molecule has 7 heteroatoms. The highest BCUT2D eigenvalue weighted by Gasteiger charge is 2.33. The van der Waals surface area contributed by atoms with Crippen LogP contribution in [0.2, 0.25) is 5.02 Å². The minimum atomic E-state index is -3.52. The molecule has 2 aliphatic rings. The molecule has 0 bridgehead atoms. The van der Waals surface area contributed by atoms with Gasteiger partial charge in [-0.1, -0.05) is 29.8 Å². The summed E-state index contributed by atoms with van der Waals surface area (Å²) >= 11 is 5.86. The van der Waals surface area contributed by atoms with Crippen LogP contribution in [0.25, 0.3) is 0 Å². The first kappa shape index (κ1) is 16.4. The highest BCUT2D eigenvalue weighted by molar-refractivity contribution is 7.89. The van der Waals surface area contributed by atoms with E-state index in [1.165, 1.54) is 9.88 Å². The van der Waals surface area contributed by atoms with Crippen molar-refractivity contribution >= 4 is 27.3 Å². The largest absolute Gasteiger partial charge is 0.301 e. The van der Waals surface area contributed by atoms with Gasteiger partial charge in [0.2, 0.25) is 10.0 Å². The third-order valence-corrected chi connectivity index (χ3v) is 6.67. The molecule has 130 valence electrons. The van der Waals surface area contributed by atoms with Gasteiger partial charge >= 0.3 is 0 Å². The minimum absolute atomic E-state index is 0.277. The molecule has 2 heterocycles. The van der Waals surface area contributed by atoms with Crippen LogP contribution >= 0.6 is 11.6 Å². The second-order valence-corrected chi connectivity index (χ2v) is 8.53. The second kappa shape index (κ2) is 6.37. The zero-order valence-electron chi connectivity index (χ0n) is 13.5. The molecule has 0 aromatic heterocycles. The van der Waals surface area contributed by atoms with E-state index in [1.807, 2.05) is 30.3 Å². The molecule has 0 atom stereocenters. The average Bonchev–Trinajstić information content (AvgIpc) is 3.06. The third-order valence-electron chi connectivity index (χ3n) is 4.56. The van der Waals surface area contributed by atoms with Crippen molar-refractivity contribution in [3.8, 4) is 0 Å². The Kier molecular flexibility index (Phi) is 4.19. The van der Waals surface area contributed by atoms with Crippen LogP contribution in [0.3, 0.4) is 0 Å². The smallest absolute Gasteiger partial charge is 0.243 e. The normalized spacial score (nSPS) is 18.2. The summed E-state index contributed by atoms with van der Waals surface area (Å²) in [5, 5.41) is 2.59. The highest BCUT2D eigenvalue weighted by atomic mass is 35.5. The summed E-state index contributed by atoms with van der Waals surface area (Å²) in [5.41, 5.74) is 6.68. The number of halogens is 1. The molecular weight excluding hydrogens is 358 g/mol. The monoisotopic (exact) mass is 375 g/mol. The molecule has 2 aromatic carbocycles. The van der Waals surface area contributed by atoms with Gasteiger partial charge in [0.05, 0.1) is 23.7 Å². The zero-order chi connectivity index (χ0) is 17.4. The van der Waals surface area contributed by atoms with Crippen molar-refractivity contribution in [3.63, 3.8) is 0 Å². The van der Waals surface area contributed by atoms with Crippen LogP contribution in [0.1, 0.15) is 6.42 Å². The van der Waals surface area contributed by atoms with E-state index in [0.717, 1.165) is 24.4 Å². The van der Waals surface area contributed by atoms with Crippen LogP contribution in [0.15, 0.2) is 70.8 Å². The quantitative estimate of drug-likeness (QED) is 0.896. The number of sulfonamides is 1. The molecule has 2 aliphatic heterocycles. The molecule has 0 radical (unpaired) electrons. The summed E-state index contributed by atoms with van der Waals surface area (Å²) in [7, 11) is -3.52. The van der Waals surface area contributed by atoms with E-state index < -0.39 is 10.0 Å². The van der Waals surface area contributed by atoms with E-state index in [0.29, 0.717) is 18.1 Å². The van der Waals surface area contributed by atoms with Gasteiger partial charge in [-0.25, -0.2) is 8.42 Å². The summed E-state index contributed by atoms with van der Waals surface area (Å²) < 4.78 is 27.2. The predicted octanol–water partition coefficient (Wildman–Crippen LogP) is 3.01. The number of nitrogens with zero attached hydrogens (tertiary/aromatic N) is 2. The SMILES string of the molecule is O=S(=O)(c1ccc(Cl)cc1)N1CCC2=C(C1)NN(c1ccccc1)C2. The fraction of sp³-hybridized carbons (Fsp3) is 0.222. The maximum absolute atomic E-state index is 12.9. The second-order valence-electron chi connectivity index (χ2n) is 6.16. The van der Waals surface area contributed by atoms with Crippen LogP contribution in [-0.4, -0.2) is 32.4 Å². The van der Waals surface area contributed by atoms with E-state index in [4.69, 9.17) is 11.6 Å². The molecular formula is C18H18ClN3O2S. The number of benzene rings is 2. The molecule has 4 rings (SSSR count). The molecule has 0 unspecified atom stereocenters. The first-order valence-corrected chi connectivity index (χ1v) is 9.92. The maximum atomic E-state index is 12.9. The topological polar surface area (TPSA) is 52.7 Å². The van der Waals surface area contributed by atoms with Crippen LogP contribution in [0.4, 0.5) is 5.69 Å². The summed E-state index contributed by atoms with van der Waals surface area (Å²) in [6, 6.07) is 16.4. The van der Waals surface area contributed by atoms with Crippen LogP contribution in [0.5, 0.6) is 0 Å². The molecule has 0 aliphatic carbocycles. The highest BCUT2D eigenvalue weighted by Crippen LogP contribution is 2.29. The van der Waals surface area contributed by atoms with Gasteiger partial charge in [0, 0.05) is 17.3 Å². The summed E-state index contributed by atoms with van der Waals surface area (Å²) in [6.45, 7) is 1.64. The zero-order valence-corrected chi connectivity index (χ0v) is 15.1. The molecule has 0 fully saturated rings. The fourth-order valence-corrected chi connectivity index (χ4v) is 4.72.